The number of carbonyl (C=O) groups excluding carboxylic acids is 1. The van der Waals surface area contributed by atoms with Crippen LogP contribution in [-0.4, -0.2) is 17.5 Å². The Morgan fingerprint density at radius 2 is 2.05 bits per heavy atom. The molecular formula is C16H17BrN2O2. The Bertz CT molecular complexity index is 614. The van der Waals surface area contributed by atoms with E-state index in [9.17, 15) is 4.79 Å². The summed E-state index contributed by atoms with van der Waals surface area (Å²) in [5.74, 6) is 0.169. The number of carbonyl (C=O) groups is 1. The molecular weight excluding hydrogens is 332 g/mol. The summed E-state index contributed by atoms with van der Waals surface area (Å²) in [7, 11) is 0. The van der Waals surface area contributed by atoms with Crippen LogP contribution >= 0.6 is 15.9 Å². The van der Waals surface area contributed by atoms with Gasteiger partial charge in [-0.3, -0.25) is 4.79 Å². The van der Waals surface area contributed by atoms with Gasteiger partial charge in [-0.2, -0.15) is 0 Å². The van der Waals surface area contributed by atoms with Crippen LogP contribution in [0.15, 0.2) is 47.1 Å². The molecule has 0 saturated carbocycles. The van der Waals surface area contributed by atoms with Crippen LogP contribution in [0.25, 0.3) is 0 Å². The van der Waals surface area contributed by atoms with Gasteiger partial charge in [-0.1, -0.05) is 28.1 Å². The monoisotopic (exact) mass is 348 g/mol. The molecule has 5 heteroatoms. The van der Waals surface area contributed by atoms with E-state index in [0.29, 0.717) is 18.1 Å². The molecule has 2 aromatic rings. The number of halogens is 1. The number of nitrogens with zero attached hydrogens (tertiary/aromatic N) is 1. The minimum atomic E-state index is -0.193. The average Bonchev–Trinajstić information content (AvgIpc) is 2.48. The van der Waals surface area contributed by atoms with Crippen LogP contribution in [-0.2, 0) is 0 Å². The van der Waals surface area contributed by atoms with Crippen LogP contribution in [0.4, 0.5) is 0 Å². The summed E-state index contributed by atoms with van der Waals surface area (Å²) < 4.78 is 6.39. The first-order valence-electron chi connectivity index (χ1n) is 6.76. The zero-order valence-corrected chi connectivity index (χ0v) is 13.6. The Hall–Kier alpha value is -1.88. The second-order valence-corrected chi connectivity index (χ2v) is 5.45. The van der Waals surface area contributed by atoms with E-state index in [1.165, 1.54) is 0 Å². The Morgan fingerprint density at radius 3 is 2.71 bits per heavy atom. The quantitative estimate of drug-likeness (QED) is 0.895. The molecule has 1 N–H and O–H groups in total. The number of benzene rings is 1. The molecule has 0 aliphatic rings. The third-order valence-electron chi connectivity index (χ3n) is 3.01. The van der Waals surface area contributed by atoms with Crippen molar-refractivity contribution >= 4 is 21.8 Å². The molecule has 0 spiro atoms. The molecule has 0 unspecified atom stereocenters. The van der Waals surface area contributed by atoms with Gasteiger partial charge in [-0.05, 0) is 43.7 Å². The highest BCUT2D eigenvalue weighted by molar-refractivity contribution is 9.10. The van der Waals surface area contributed by atoms with Gasteiger partial charge in [0.05, 0.1) is 12.6 Å². The fourth-order valence-electron chi connectivity index (χ4n) is 1.92. The summed E-state index contributed by atoms with van der Waals surface area (Å²) in [4.78, 5) is 16.4. The molecule has 0 saturated heterocycles. The van der Waals surface area contributed by atoms with Crippen molar-refractivity contribution in [1.29, 1.82) is 0 Å². The fraction of sp³-hybridized carbons (Fsp3) is 0.250. The highest BCUT2D eigenvalue weighted by Crippen LogP contribution is 2.19. The normalized spacial score (nSPS) is 11.8. The van der Waals surface area contributed by atoms with Crippen molar-refractivity contribution in [2.24, 2.45) is 0 Å². The van der Waals surface area contributed by atoms with E-state index in [2.05, 4.69) is 26.2 Å². The maximum absolute atomic E-state index is 12.4. The first-order chi connectivity index (χ1) is 10.1. The van der Waals surface area contributed by atoms with Gasteiger partial charge in [-0.25, -0.2) is 4.98 Å². The summed E-state index contributed by atoms with van der Waals surface area (Å²) in [5, 5.41) is 2.96. The van der Waals surface area contributed by atoms with Crippen LogP contribution in [0, 0.1) is 0 Å². The van der Waals surface area contributed by atoms with Crippen molar-refractivity contribution in [3.8, 4) is 5.88 Å². The number of pyridine rings is 1. The van der Waals surface area contributed by atoms with E-state index < -0.39 is 0 Å². The molecule has 1 amide bonds. The molecule has 2 rings (SSSR count). The van der Waals surface area contributed by atoms with Crippen molar-refractivity contribution < 1.29 is 9.53 Å². The SMILES string of the molecule is CCOc1ncccc1C(=O)N[C@H](C)c1ccc(Br)cc1. The van der Waals surface area contributed by atoms with Gasteiger partial charge in [0, 0.05) is 10.7 Å². The number of nitrogens with one attached hydrogen (secondary N) is 1. The summed E-state index contributed by atoms with van der Waals surface area (Å²) in [6.45, 7) is 4.28. The Labute approximate surface area is 132 Å². The Balaban J connectivity index is 2.12. The second-order valence-electron chi connectivity index (χ2n) is 4.54. The number of hydrogen-bond donors (Lipinski definition) is 1. The van der Waals surface area contributed by atoms with Crippen LogP contribution < -0.4 is 10.1 Å². The van der Waals surface area contributed by atoms with Gasteiger partial charge in [0.2, 0.25) is 5.88 Å². The number of aromatic nitrogens is 1. The van der Waals surface area contributed by atoms with E-state index in [-0.39, 0.29) is 11.9 Å². The molecule has 0 aliphatic carbocycles. The molecule has 1 aromatic carbocycles. The number of amides is 1. The summed E-state index contributed by atoms with van der Waals surface area (Å²) in [6.07, 6.45) is 1.61. The molecule has 4 nitrogen and oxygen atoms in total. The van der Waals surface area contributed by atoms with Crippen LogP contribution in [0.2, 0.25) is 0 Å². The average molecular weight is 349 g/mol. The lowest BCUT2D eigenvalue weighted by atomic mass is 10.1. The summed E-state index contributed by atoms with van der Waals surface area (Å²) in [6, 6.07) is 11.2. The minimum absolute atomic E-state index is 0.0970. The van der Waals surface area contributed by atoms with Crippen molar-refractivity contribution in [3.05, 3.63) is 58.2 Å². The Kier molecular flexibility index (Phi) is 5.33. The maximum Gasteiger partial charge on any atom is 0.257 e. The Morgan fingerprint density at radius 1 is 1.33 bits per heavy atom. The third-order valence-corrected chi connectivity index (χ3v) is 3.54. The third kappa shape index (κ3) is 4.04. The second kappa shape index (κ2) is 7.22. The van der Waals surface area contributed by atoms with Crippen LogP contribution in [0.1, 0.15) is 35.8 Å². The van der Waals surface area contributed by atoms with Gasteiger partial charge in [0.15, 0.2) is 0 Å². The smallest absolute Gasteiger partial charge is 0.257 e. The maximum atomic E-state index is 12.4. The van der Waals surface area contributed by atoms with Gasteiger partial charge in [0.25, 0.3) is 5.91 Å². The predicted octanol–water partition coefficient (Wildman–Crippen LogP) is 3.73. The van der Waals surface area contributed by atoms with E-state index in [1.54, 1.807) is 18.3 Å². The van der Waals surface area contributed by atoms with E-state index in [0.717, 1.165) is 10.0 Å². The molecule has 0 fully saturated rings. The molecule has 0 bridgehead atoms. The van der Waals surface area contributed by atoms with Gasteiger partial charge >= 0.3 is 0 Å². The van der Waals surface area contributed by atoms with Crippen molar-refractivity contribution in [3.63, 3.8) is 0 Å². The van der Waals surface area contributed by atoms with Crippen LogP contribution in [0.3, 0.4) is 0 Å². The molecule has 0 radical (unpaired) electrons. The lowest BCUT2D eigenvalue weighted by Gasteiger charge is -2.15. The van der Waals surface area contributed by atoms with E-state index >= 15 is 0 Å². The van der Waals surface area contributed by atoms with Crippen molar-refractivity contribution in [2.45, 2.75) is 19.9 Å². The van der Waals surface area contributed by atoms with Gasteiger partial charge in [0.1, 0.15) is 5.56 Å². The molecule has 0 aliphatic heterocycles. The zero-order chi connectivity index (χ0) is 15.2. The first-order valence-corrected chi connectivity index (χ1v) is 7.55. The molecule has 21 heavy (non-hydrogen) atoms. The largest absolute Gasteiger partial charge is 0.477 e. The molecule has 1 heterocycles. The highest BCUT2D eigenvalue weighted by Gasteiger charge is 2.16. The van der Waals surface area contributed by atoms with E-state index in [1.807, 2.05) is 38.1 Å². The highest BCUT2D eigenvalue weighted by atomic mass is 79.9. The van der Waals surface area contributed by atoms with E-state index in [4.69, 9.17) is 4.74 Å². The standard InChI is InChI=1S/C16H17BrN2O2/c1-3-21-16-14(5-4-10-18-16)15(20)19-11(2)12-6-8-13(17)9-7-12/h4-11H,3H2,1-2H3,(H,19,20)/t11-/m1/s1. The summed E-state index contributed by atoms with van der Waals surface area (Å²) in [5.41, 5.74) is 1.48. The van der Waals surface area contributed by atoms with Gasteiger partial charge in [-0.15, -0.1) is 0 Å². The topological polar surface area (TPSA) is 51.2 Å². The van der Waals surface area contributed by atoms with Crippen molar-refractivity contribution in [1.82, 2.24) is 10.3 Å². The summed E-state index contributed by atoms with van der Waals surface area (Å²) >= 11 is 3.40. The van der Waals surface area contributed by atoms with Crippen molar-refractivity contribution in [2.75, 3.05) is 6.61 Å². The molecule has 110 valence electrons. The number of hydrogen-bond acceptors (Lipinski definition) is 3. The number of ether oxygens (including phenoxy) is 1. The predicted molar refractivity (Wildman–Crippen MR) is 85.4 cm³/mol. The lowest BCUT2D eigenvalue weighted by molar-refractivity contribution is 0.0935. The lowest BCUT2D eigenvalue weighted by Crippen LogP contribution is -2.27. The fourth-order valence-corrected chi connectivity index (χ4v) is 2.19. The van der Waals surface area contributed by atoms with Gasteiger partial charge < -0.3 is 10.1 Å². The molecule has 1 aromatic heterocycles. The number of rotatable bonds is 5. The van der Waals surface area contributed by atoms with Crippen LogP contribution in [0.5, 0.6) is 5.88 Å². The minimum Gasteiger partial charge on any atom is -0.477 e. The zero-order valence-electron chi connectivity index (χ0n) is 12.0. The first kappa shape index (κ1) is 15.5. The molecule has 1 atom stereocenters.